The van der Waals surface area contributed by atoms with Crippen LogP contribution in [0, 0.1) is 15.9 Å². The number of hydrazone groups is 1. The molecule has 9 heteroatoms. The number of methoxy groups -OCH3 is 1. The van der Waals surface area contributed by atoms with E-state index in [1.165, 1.54) is 23.9 Å². The van der Waals surface area contributed by atoms with E-state index in [1.54, 1.807) is 12.1 Å². The van der Waals surface area contributed by atoms with Gasteiger partial charge in [0, 0.05) is 11.6 Å². The summed E-state index contributed by atoms with van der Waals surface area (Å²) in [5, 5.41) is 21.1. The molecule has 0 aromatic heterocycles. The molecule has 0 aliphatic carbocycles. The Kier molecular flexibility index (Phi) is 4.00. The van der Waals surface area contributed by atoms with E-state index in [4.69, 9.17) is 4.74 Å². The number of hydrogen-bond donors (Lipinski definition) is 1. The van der Waals surface area contributed by atoms with Crippen molar-refractivity contribution in [2.75, 3.05) is 7.11 Å². The normalized spacial score (nSPS) is 18.1. The fourth-order valence-corrected chi connectivity index (χ4v) is 3.69. The first-order valence-electron chi connectivity index (χ1n) is 7.66. The fraction of sp³-hybridized carbons (Fsp3) is 0.118. The van der Waals surface area contributed by atoms with Gasteiger partial charge in [-0.05, 0) is 42.0 Å². The molecule has 2 aromatic rings. The Labute approximate surface area is 152 Å². The molecule has 2 heterocycles. The minimum Gasteiger partial charge on any atom is -0.497 e. The van der Waals surface area contributed by atoms with Crippen LogP contribution in [0.4, 0.5) is 10.1 Å². The third kappa shape index (κ3) is 2.86. The molecule has 2 aromatic carbocycles. The van der Waals surface area contributed by atoms with Gasteiger partial charge < -0.3 is 10.1 Å². The number of ether oxygens (including phenoxy) is 1. The molecule has 2 aliphatic heterocycles. The fourth-order valence-electron chi connectivity index (χ4n) is 2.68. The lowest BCUT2D eigenvalue weighted by atomic mass is 10.1. The maximum absolute atomic E-state index is 13.5. The van der Waals surface area contributed by atoms with Gasteiger partial charge >= 0.3 is 5.69 Å². The first kappa shape index (κ1) is 16.4. The van der Waals surface area contributed by atoms with Crippen LogP contribution < -0.4 is 10.1 Å². The highest BCUT2D eigenvalue weighted by molar-refractivity contribution is 8.15. The first-order chi connectivity index (χ1) is 12.5. The van der Waals surface area contributed by atoms with Gasteiger partial charge in [0.2, 0.25) is 5.82 Å². The number of halogens is 1. The molecule has 0 bridgehead atoms. The van der Waals surface area contributed by atoms with Crippen LogP contribution in [0.15, 0.2) is 53.8 Å². The number of thioether (sulfide) groups is 1. The minimum absolute atomic E-state index is 0.147. The molecule has 4 rings (SSSR count). The SMILES string of the molecule is COc1ccc(C2=CN3N=C(c4ccc(F)c([N+](=O)[O-])c4)S[C@@H]3N2)cc1. The van der Waals surface area contributed by atoms with Gasteiger partial charge in [0.05, 0.1) is 23.9 Å². The van der Waals surface area contributed by atoms with Crippen LogP contribution in [-0.2, 0) is 0 Å². The summed E-state index contributed by atoms with van der Waals surface area (Å²) < 4.78 is 18.7. The lowest BCUT2D eigenvalue weighted by Crippen LogP contribution is -2.26. The Bertz CT molecular complexity index is 946. The topological polar surface area (TPSA) is 80.0 Å². The van der Waals surface area contributed by atoms with E-state index >= 15 is 0 Å². The minimum atomic E-state index is -0.859. The van der Waals surface area contributed by atoms with Crippen molar-refractivity contribution >= 4 is 28.2 Å². The molecule has 0 radical (unpaired) electrons. The van der Waals surface area contributed by atoms with Gasteiger partial charge in [-0.15, -0.1) is 0 Å². The predicted molar refractivity (Wildman–Crippen MR) is 96.9 cm³/mol. The van der Waals surface area contributed by atoms with Crippen LogP contribution in [-0.4, -0.2) is 27.6 Å². The van der Waals surface area contributed by atoms with Crippen LogP contribution in [0.3, 0.4) is 0 Å². The van der Waals surface area contributed by atoms with Crippen LogP contribution in [0.2, 0.25) is 0 Å². The lowest BCUT2D eigenvalue weighted by molar-refractivity contribution is -0.387. The molecule has 1 N–H and O–H groups in total. The van der Waals surface area contributed by atoms with Gasteiger partial charge in [0.25, 0.3) is 0 Å². The summed E-state index contributed by atoms with van der Waals surface area (Å²) in [4.78, 5) is 10.2. The van der Waals surface area contributed by atoms with E-state index in [2.05, 4.69) is 10.4 Å². The van der Waals surface area contributed by atoms with E-state index in [-0.39, 0.29) is 5.50 Å². The maximum atomic E-state index is 13.5. The van der Waals surface area contributed by atoms with Crippen LogP contribution in [0.1, 0.15) is 11.1 Å². The monoisotopic (exact) mass is 372 g/mol. The molecule has 7 nitrogen and oxygen atoms in total. The van der Waals surface area contributed by atoms with Crippen molar-refractivity contribution < 1.29 is 14.1 Å². The second-order valence-corrected chi connectivity index (χ2v) is 6.66. The summed E-state index contributed by atoms with van der Waals surface area (Å²) in [6, 6.07) is 11.4. The zero-order valence-corrected chi connectivity index (χ0v) is 14.4. The van der Waals surface area contributed by atoms with E-state index in [1.807, 2.05) is 30.5 Å². The molecule has 0 spiro atoms. The van der Waals surface area contributed by atoms with Gasteiger partial charge in [-0.25, -0.2) is 5.01 Å². The zero-order chi connectivity index (χ0) is 18.3. The highest BCUT2D eigenvalue weighted by atomic mass is 32.2. The molecular weight excluding hydrogens is 359 g/mol. The standard InChI is InChI=1S/C17H13FN4O3S/c1-25-12-5-2-10(3-6-12)14-9-21-17(19-14)26-16(20-21)11-4-7-13(18)15(8-11)22(23)24/h2-9,17,19H,1H3/t17-/m1/s1. The number of nitrogens with one attached hydrogen (secondary N) is 1. The second kappa shape index (κ2) is 6.34. The van der Waals surface area contributed by atoms with Crippen molar-refractivity contribution in [2.24, 2.45) is 5.10 Å². The number of rotatable bonds is 4. The summed E-state index contributed by atoms with van der Waals surface area (Å²) in [6.45, 7) is 0. The van der Waals surface area contributed by atoms with Crippen molar-refractivity contribution in [1.29, 1.82) is 0 Å². The lowest BCUT2D eigenvalue weighted by Gasteiger charge is -2.12. The van der Waals surface area contributed by atoms with E-state index < -0.39 is 16.4 Å². The Hall–Kier alpha value is -3.07. The zero-order valence-electron chi connectivity index (χ0n) is 13.5. The molecule has 2 aliphatic rings. The van der Waals surface area contributed by atoms with Crippen LogP contribution in [0.25, 0.3) is 5.70 Å². The van der Waals surface area contributed by atoms with Gasteiger partial charge in [-0.3, -0.25) is 10.1 Å². The Morgan fingerprint density at radius 1 is 1.27 bits per heavy atom. The molecule has 0 amide bonds. The van der Waals surface area contributed by atoms with Gasteiger partial charge in [-0.1, -0.05) is 11.8 Å². The molecule has 132 valence electrons. The second-order valence-electron chi connectivity index (χ2n) is 5.59. The molecule has 0 saturated carbocycles. The van der Waals surface area contributed by atoms with E-state index in [0.29, 0.717) is 10.6 Å². The average molecular weight is 372 g/mol. The van der Waals surface area contributed by atoms with E-state index in [9.17, 15) is 14.5 Å². The van der Waals surface area contributed by atoms with Gasteiger partial charge in [0.15, 0.2) is 5.50 Å². The first-order valence-corrected chi connectivity index (χ1v) is 8.54. The predicted octanol–water partition coefficient (Wildman–Crippen LogP) is 3.34. The summed E-state index contributed by atoms with van der Waals surface area (Å²) in [7, 11) is 1.62. The Morgan fingerprint density at radius 2 is 2.00 bits per heavy atom. The number of benzene rings is 2. The largest absolute Gasteiger partial charge is 0.497 e. The number of nitrogens with zero attached hydrogens (tertiary/aromatic N) is 3. The quantitative estimate of drug-likeness (QED) is 0.655. The van der Waals surface area contributed by atoms with Gasteiger partial charge in [0.1, 0.15) is 10.8 Å². The van der Waals surface area contributed by atoms with Crippen molar-refractivity contribution in [3.63, 3.8) is 0 Å². The van der Waals surface area contributed by atoms with Crippen LogP contribution in [0.5, 0.6) is 5.75 Å². The number of nitro benzene ring substituents is 1. The molecule has 0 fully saturated rings. The summed E-state index contributed by atoms with van der Waals surface area (Å²) in [6.07, 6.45) is 1.87. The summed E-state index contributed by atoms with van der Waals surface area (Å²) in [5.41, 5.74) is 1.72. The highest BCUT2D eigenvalue weighted by Crippen LogP contribution is 2.36. The molecule has 0 saturated heterocycles. The third-order valence-corrected chi connectivity index (χ3v) is 5.10. The number of fused-ring (bicyclic) bond motifs is 1. The molecule has 0 unspecified atom stereocenters. The summed E-state index contributed by atoms with van der Waals surface area (Å²) >= 11 is 1.41. The van der Waals surface area contributed by atoms with Crippen molar-refractivity contribution in [3.05, 3.63) is 75.7 Å². The van der Waals surface area contributed by atoms with Crippen molar-refractivity contribution in [3.8, 4) is 5.75 Å². The molecular formula is C17H13FN4O3S. The number of nitro groups is 1. The maximum Gasteiger partial charge on any atom is 0.305 e. The molecule has 26 heavy (non-hydrogen) atoms. The average Bonchev–Trinajstić information content (AvgIpc) is 3.21. The number of hydrogen-bond acceptors (Lipinski definition) is 7. The third-order valence-electron chi connectivity index (χ3n) is 4.00. The van der Waals surface area contributed by atoms with Crippen molar-refractivity contribution in [2.45, 2.75) is 5.50 Å². The highest BCUT2D eigenvalue weighted by Gasteiger charge is 2.33. The Morgan fingerprint density at radius 3 is 2.65 bits per heavy atom. The molecule has 1 atom stereocenters. The summed E-state index contributed by atoms with van der Waals surface area (Å²) in [5.74, 6) is -0.0805. The van der Waals surface area contributed by atoms with Gasteiger partial charge in [-0.2, -0.15) is 9.49 Å². The van der Waals surface area contributed by atoms with Crippen molar-refractivity contribution in [1.82, 2.24) is 10.3 Å². The van der Waals surface area contributed by atoms with Crippen LogP contribution >= 0.6 is 11.8 Å². The van der Waals surface area contributed by atoms with E-state index in [0.717, 1.165) is 23.1 Å². The Balaban J connectivity index is 1.58. The smallest absolute Gasteiger partial charge is 0.305 e.